The van der Waals surface area contributed by atoms with Crippen LogP contribution in [0.4, 0.5) is 5.82 Å². The van der Waals surface area contributed by atoms with Crippen LogP contribution in [-0.4, -0.2) is 104 Å². The summed E-state index contributed by atoms with van der Waals surface area (Å²) in [6, 6.07) is -2.09. The van der Waals surface area contributed by atoms with Crippen molar-refractivity contribution >= 4 is 36.6 Å². The van der Waals surface area contributed by atoms with Crippen LogP contribution >= 0.6 is 7.67 Å². The number of imidazole rings is 1. The molecule has 4 heterocycles. The normalized spacial score (nSPS) is 24.2. The summed E-state index contributed by atoms with van der Waals surface area (Å²) in [6.45, 7) is 15.6. The van der Waals surface area contributed by atoms with Gasteiger partial charge in [0.1, 0.15) is 35.7 Å². The number of aliphatic hydroxyl groups is 2. The monoisotopic (exact) mass is 711 g/mol. The summed E-state index contributed by atoms with van der Waals surface area (Å²) < 4.78 is 38.9. The number of nitrogens with zero attached hydrogens (tertiary/aromatic N) is 5. The van der Waals surface area contributed by atoms with E-state index in [9.17, 15) is 24.4 Å². The van der Waals surface area contributed by atoms with Crippen LogP contribution in [0.2, 0.25) is 0 Å². The molecule has 2 aromatic rings. The number of hydrogen-bond acceptors (Lipinski definition) is 13. The van der Waals surface area contributed by atoms with Gasteiger partial charge in [0.05, 0.1) is 26.1 Å². The Kier molecular flexibility index (Phi) is 13.2. The molecule has 4 rings (SSSR count). The lowest BCUT2D eigenvalue weighted by molar-refractivity contribution is -0.146. The molecule has 0 radical (unpaired) electrons. The highest BCUT2D eigenvalue weighted by Gasteiger charge is 2.54. The van der Waals surface area contributed by atoms with E-state index in [1.54, 1.807) is 25.3 Å². The van der Waals surface area contributed by atoms with E-state index < -0.39 is 62.3 Å². The molecule has 16 nitrogen and oxygen atoms in total. The maximum Gasteiger partial charge on any atom is 0.342 e. The largest absolute Gasteiger partial charge is 0.465 e. The van der Waals surface area contributed by atoms with Crippen molar-refractivity contribution in [2.24, 2.45) is 11.8 Å². The molecule has 0 aromatic carbocycles. The number of carbonyl (C=O) groups excluding carboxylic acids is 2. The van der Waals surface area contributed by atoms with E-state index in [1.165, 1.54) is 13.3 Å². The smallest absolute Gasteiger partial charge is 0.342 e. The van der Waals surface area contributed by atoms with Crippen LogP contribution in [0.25, 0.3) is 11.2 Å². The minimum absolute atomic E-state index is 0.00569. The number of aliphatic hydroxyl groups excluding tert-OH is 1. The third-order valence-corrected chi connectivity index (χ3v) is 10.4. The lowest BCUT2D eigenvalue weighted by Gasteiger charge is -2.30. The van der Waals surface area contributed by atoms with Gasteiger partial charge in [0.2, 0.25) is 0 Å². The molecule has 17 heteroatoms. The molecule has 2 aliphatic heterocycles. The molecule has 49 heavy (non-hydrogen) atoms. The van der Waals surface area contributed by atoms with Crippen LogP contribution < -0.4 is 15.1 Å². The summed E-state index contributed by atoms with van der Waals surface area (Å²) in [5, 5.41) is 28.6. The molecule has 0 amide bonds. The zero-order valence-electron chi connectivity index (χ0n) is 29.9. The zero-order valence-corrected chi connectivity index (χ0v) is 30.8. The molecule has 2 fully saturated rings. The number of ether oxygens (including phenoxy) is 3. The predicted octanol–water partition coefficient (Wildman–Crippen LogP) is 3.00. The van der Waals surface area contributed by atoms with Gasteiger partial charge in [-0.25, -0.2) is 25.1 Å². The predicted molar refractivity (Wildman–Crippen MR) is 182 cm³/mol. The fourth-order valence-electron chi connectivity index (χ4n) is 6.24. The van der Waals surface area contributed by atoms with Crippen molar-refractivity contribution in [2.75, 3.05) is 37.8 Å². The number of aromatic nitrogens is 4. The zero-order chi connectivity index (χ0) is 36.1. The second kappa shape index (κ2) is 16.5. The maximum atomic E-state index is 14.6. The Bertz CT molecular complexity index is 1440. The van der Waals surface area contributed by atoms with E-state index in [2.05, 4.69) is 30.0 Å². The van der Waals surface area contributed by atoms with Gasteiger partial charge < -0.3 is 33.8 Å². The van der Waals surface area contributed by atoms with Crippen molar-refractivity contribution in [1.29, 1.82) is 0 Å². The molecule has 276 valence electrons. The average Bonchev–Trinajstić information content (AvgIpc) is 3.74. The number of hydrogen-bond donors (Lipinski definition) is 4. The first-order chi connectivity index (χ1) is 23.1. The fraction of sp³-hybridized carbons (Fsp3) is 0.781. The molecule has 0 bridgehead atoms. The van der Waals surface area contributed by atoms with Crippen molar-refractivity contribution in [1.82, 2.24) is 29.7 Å². The Labute approximate surface area is 288 Å². The highest BCUT2D eigenvalue weighted by atomic mass is 31.2. The summed E-state index contributed by atoms with van der Waals surface area (Å²) in [4.78, 5) is 41.9. The Morgan fingerprint density at radius 2 is 1.59 bits per heavy atom. The summed E-state index contributed by atoms with van der Waals surface area (Å²) >= 11 is 0. The van der Waals surface area contributed by atoms with Gasteiger partial charge in [0.25, 0.3) is 0 Å². The molecule has 0 saturated carbocycles. The molecule has 6 atom stereocenters. The Morgan fingerprint density at radius 3 is 2.10 bits per heavy atom. The van der Waals surface area contributed by atoms with Gasteiger partial charge in [-0.15, -0.1) is 0 Å². The number of esters is 2. The molecule has 1 unspecified atom stereocenters. The lowest BCUT2D eigenvalue weighted by Crippen LogP contribution is -2.47. The first-order valence-electron chi connectivity index (χ1n) is 17.3. The highest BCUT2D eigenvalue weighted by molar-refractivity contribution is 7.54. The van der Waals surface area contributed by atoms with Crippen molar-refractivity contribution < 1.29 is 43.1 Å². The van der Waals surface area contributed by atoms with Crippen LogP contribution in [0.5, 0.6) is 0 Å². The summed E-state index contributed by atoms with van der Waals surface area (Å²) in [7, 11) is -4.28. The van der Waals surface area contributed by atoms with E-state index in [4.69, 9.17) is 18.7 Å². The van der Waals surface area contributed by atoms with Gasteiger partial charge in [-0.2, -0.15) is 0 Å². The van der Waals surface area contributed by atoms with Gasteiger partial charge in [-0.05, 0) is 65.2 Å². The van der Waals surface area contributed by atoms with E-state index >= 15 is 0 Å². The molecule has 2 aliphatic rings. The Hall–Kier alpha value is -2.72. The van der Waals surface area contributed by atoms with Crippen LogP contribution in [0.15, 0.2) is 6.33 Å². The second-order valence-corrected chi connectivity index (χ2v) is 15.7. The number of nitrogens with one attached hydrogen (secondary N) is 2. The van der Waals surface area contributed by atoms with Gasteiger partial charge in [0.15, 0.2) is 23.2 Å². The van der Waals surface area contributed by atoms with Gasteiger partial charge >= 0.3 is 19.6 Å². The minimum Gasteiger partial charge on any atom is -0.465 e. The molecular weight excluding hydrogens is 657 g/mol. The first kappa shape index (κ1) is 39.1. The van der Waals surface area contributed by atoms with Crippen LogP contribution in [0.1, 0.15) is 86.2 Å². The van der Waals surface area contributed by atoms with Crippen molar-refractivity contribution in [3.8, 4) is 0 Å². The van der Waals surface area contributed by atoms with Gasteiger partial charge in [0, 0.05) is 13.1 Å². The molecular formula is C32H54N7O9P. The second-order valence-electron chi connectivity index (χ2n) is 13.8. The minimum atomic E-state index is -4.28. The topological polar surface area (TPSA) is 199 Å². The van der Waals surface area contributed by atoms with Crippen LogP contribution in [-0.2, 0) is 32.9 Å². The Morgan fingerprint density at radius 1 is 1.04 bits per heavy atom. The fourth-order valence-corrected chi connectivity index (χ4v) is 8.06. The third kappa shape index (κ3) is 9.34. The number of rotatable bonds is 17. The summed E-state index contributed by atoms with van der Waals surface area (Å²) in [6.07, 6.45) is 0.263. The maximum absolute atomic E-state index is 14.6. The van der Waals surface area contributed by atoms with Crippen molar-refractivity contribution in [3.63, 3.8) is 0 Å². The van der Waals surface area contributed by atoms with Crippen LogP contribution in [0, 0.1) is 18.8 Å². The molecule has 2 aromatic heterocycles. The SMILES string of the molecule is CCOC(=O)[C@H](CC(C)C)NP(=O)(N[C@@H](CC(C)C)C(=O)OCC)OC[C@H]1O[C@@H](n2cnc3c(N4CCCC4)nc(C)nc32)[C@@](C)(O)C1O. The Balaban J connectivity index is 1.63. The molecule has 0 aliphatic carbocycles. The third-order valence-electron chi connectivity index (χ3n) is 8.56. The van der Waals surface area contributed by atoms with E-state index in [-0.39, 0.29) is 37.9 Å². The van der Waals surface area contributed by atoms with Crippen molar-refractivity contribution in [2.45, 2.75) is 117 Å². The number of anilines is 1. The standard InChI is InChI=1S/C32H54N7O9P/c1-9-45-29(41)22(15-19(3)4)36-49(44,37-23(16-20(5)6)30(42)46-10-2)47-17-24-26(40)32(8,43)31(48-24)39-18-33-25-27(38-13-11-12-14-38)34-21(7)35-28(25)39/h18-20,22-24,26,31,40,43H,9-17H2,1-8H3,(H2,36,37,44)/t22-,23-,24+,26?,31+,32-/m0/s1. The number of carbonyl (C=O) groups is 2. The quantitative estimate of drug-likeness (QED) is 0.138. The van der Waals surface area contributed by atoms with E-state index in [1.807, 2.05) is 27.7 Å². The first-order valence-corrected chi connectivity index (χ1v) is 18.9. The van der Waals surface area contributed by atoms with Gasteiger partial charge in [-0.1, -0.05) is 27.7 Å². The average molecular weight is 712 g/mol. The molecule has 2 saturated heterocycles. The lowest BCUT2D eigenvalue weighted by atomic mass is 9.96. The summed E-state index contributed by atoms with van der Waals surface area (Å²) in [5.74, 6) is -0.0307. The highest BCUT2D eigenvalue weighted by Crippen LogP contribution is 2.45. The summed E-state index contributed by atoms with van der Waals surface area (Å²) in [5.41, 5.74) is -0.876. The van der Waals surface area contributed by atoms with E-state index in [0.29, 0.717) is 22.8 Å². The molecule has 4 N–H and O–H groups in total. The van der Waals surface area contributed by atoms with Crippen LogP contribution in [0.3, 0.4) is 0 Å². The van der Waals surface area contributed by atoms with E-state index in [0.717, 1.165) is 25.9 Å². The number of aryl methyl sites for hydroxylation is 1. The van der Waals surface area contributed by atoms with Gasteiger partial charge in [-0.3, -0.25) is 18.7 Å². The van der Waals surface area contributed by atoms with Crippen molar-refractivity contribution in [3.05, 3.63) is 12.2 Å². The molecule has 0 spiro atoms. The number of fused-ring (bicyclic) bond motifs is 1.